The Balaban J connectivity index is 2.59. The minimum absolute atomic E-state index is 0.0973. The van der Waals surface area contributed by atoms with Crippen molar-refractivity contribution in [1.29, 1.82) is 0 Å². The fraction of sp³-hybridized carbons (Fsp3) is 0.333. The quantitative estimate of drug-likeness (QED) is 0.252. The molecule has 0 aliphatic heterocycles. The molecule has 0 aromatic heterocycles. The first-order valence-electron chi connectivity index (χ1n) is 6.56. The second-order valence-corrected chi connectivity index (χ2v) is 6.63. The molecule has 0 heterocycles. The molecule has 0 radical (unpaired) electrons. The second-order valence-electron chi connectivity index (χ2n) is 4.92. The van der Waals surface area contributed by atoms with Gasteiger partial charge in [0.15, 0.2) is 0 Å². The van der Waals surface area contributed by atoms with Gasteiger partial charge < -0.3 is 9.84 Å². The third kappa shape index (κ3) is 3.57. The summed E-state index contributed by atoms with van der Waals surface area (Å²) in [7, 11) is 1.21. The number of hydrogen-bond donors (Lipinski definition) is 1. The van der Waals surface area contributed by atoms with E-state index < -0.39 is 11.8 Å². The topological polar surface area (TPSA) is 58.9 Å². The molecule has 1 aromatic carbocycles. The minimum Gasteiger partial charge on any atom is -0.506 e. The van der Waals surface area contributed by atoms with Crippen molar-refractivity contribution in [1.82, 2.24) is 0 Å². The van der Waals surface area contributed by atoms with E-state index in [1.54, 1.807) is 0 Å². The lowest BCUT2D eigenvalue weighted by Gasteiger charge is -2.12. The summed E-state index contributed by atoms with van der Waals surface area (Å²) in [5.41, 5.74) is 0.309. The Kier molecular flexibility index (Phi) is 5.39. The Morgan fingerprint density at radius 2 is 2.09 bits per heavy atom. The van der Waals surface area contributed by atoms with Crippen molar-refractivity contribution in [2.24, 2.45) is 4.99 Å². The lowest BCUT2D eigenvalue weighted by molar-refractivity contribution is -0.135. The van der Waals surface area contributed by atoms with Crippen molar-refractivity contribution in [2.75, 3.05) is 7.11 Å². The first-order valence-corrected chi connectivity index (χ1v) is 8.14. The summed E-state index contributed by atoms with van der Waals surface area (Å²) in [6.45, 7) is 1.52. The fourth-order valence-corrected chi connectivity index (χ4v) is 3.41. The maximum absolute atomic E-state index is 14.1. The van der Waals surface area contributed by atoms with Crippen LogP contribution in [0.15, 0.2) is 25.6 Å². The van der Waals surface area contributed by atoms with Gasteiger partial charge in [0.2, 0.25) is 0 Å². The molecule has 0 atom stereocenters. The number of benzene rings is 1. The van der Waals surface area contributed by atoms with Crippen LogP contribution in [0.25, 0.3) is 5.76 Å². The van der Waals surface area contributed by atoms with Gasteiger partial charge in [-0.1, -0.05) is 0 Å². The van der Waals surface area contributed by atoms with E-state index in [4.69, 9.17) is 0 Å². The monoisotopic (exact) mass is 433 g/mol. The molecule has 1 aromatic rings. The maximum atomic E-state index is 14.1. The number of halogens is 3. The molecule has 1 aliphatic carbocycles. The lowest BCUT2D eigenvalue weighted by atomic mass is 10.0. The van der Waals surface area contributed by atoms with Gasteiger partial charge >= 0.3 is 5.97 Å². The first-order chi connectivity index (χ1) is 10.4. The van der Waals surface area contributed by atoms with Gasteiger partial charge in [0.05, 0.1) is 17.6 Å². The van der Waals surface area contributed by atoms with Gasteiger partial charge in [0.25, 0.3) is 0 Å². The molecule has 4 nitrogen and oxygen atoms in total. The highest BCUT2D eigenvalue weighted by atomic mass is 79.9. The molecule has 0 spiro atoms. The Morgan fingerprint density at radius 3 is 2.64 bits per heavy atom. The number of aliphatic hydroxyl groups excluding tert-OH is 1. The molecule has 118 valence electrons. The number of ether oxygens (including phenoxy) is 1. The lowest BCUT2D eigenvalue weighted by Crippen LogP contribution is -2.10. The molecule has 0 saturated heterocycles. The number of hydrogen-bond acceptors (Lipinski definition) is 4. The molecule has 1 aliphatic rings. The van der Waals surface area contributed by atoms with Crippen LogP contribution < -0.4 is 0 Å². The fourth-order valence-electron chi connectivity index (χ4n) is 1.86. The maximum Gasteiger partial charge on any atom is 0.343 e. The number of rotatable bonds is 4. The van der Waals surface area contributed by atoms with Crippen LogP contribution in [0, 0.1) is 12.7 Å². The highest BCUT2D eigenvalue weighted by Crippen LogP contribution is 2.34. The number of nitrogens with zero attached hydrogens (tertiary/aromatic N) is 1. The molecular weight excluding hydrogens is 421 g/mol. The predicted octanol–water partition coefficient (Wildman–Crippen LogP) is 4.33. The van der Waals surface area contributed by atoms with E-state index in [1.165, 1.54) is 26.3 Å². The number of aliphatic imine (C=N–C) groups is 1. The molecular formula is C15H14Br2FNO3. The van der Waals surface area contributed by atoms with Crippen molar-refractivity contribution in [2.45, 2.75) is 25.8 Å². The second kappa shape index (κ2) is 6.91. The average Bonchev–Trinajstić information content (AvgIpc) is 3.29. The number of carbonyl (C=O) groups excluding carboxylic acids is 1. The van der Waals surface area contributed by atoms with Crippen molar-refractivity contribution >= 4 is 49.8 Å². The van der Waals surface area contributed by atoms with Crippen LogP contribution in [0.2, 0.25) is 0 Å². The summed E-state index contributed by atoms with van der Waals surface area (Å²) in [6.07, 6.45) is 3.22. The normalized spacial score (nSPS) is 15.9. The average molecular weight is 435 g/mol. The third-order valence-corrected chi connectivity index (χ3v) is 4.47. The van der Waals surface area contributed by atoms with E-state index in [-0.39, 0.29) is 33.0 Å². The molecule has 2 rings (SSSR count). The van der Waals surface area contributed by atoms with Gasteiger partial charge in [-0.2, -0.15) is 0 Å². The van der Waals surface area contributed by atoms with Crippen LogP contribution in [0.5, 0.6) is 0 Å². The van der Waals surface area contributed by atoms with E-state index in [1.807, 2.05) is 0 Å². The first kappa shape index (κ1) is 17.1. The van der Waals surface area contributed by atoms with Crippen LogP contribution >= 0.6 is 31.9 Å². The SMILES string of the molecule is COC(=O)/C(C=NC1CC1)=C(\O)c1c(Br)cc(Br)c(F)c1C. The Labute approximate surface area is 144 Å². The number of methoxy groups -OCH3 is 1. The molecule has 1 N–H and O–H groups in total. The molecule has 1 saturated carbocycles. The molecule has 1 fully saturated rings. The summed E-state index contributed by atoms with van der Waals surface area (Å²) in [5, 5.41) is 10.5. The largest absolute Gasteiger partial charge is 0.506 e. The van der Waals surface area contributed by atoms with Gasteiger partial charge in [0, 0.05) is 16.3 Å². The zero-order valence-electron chi connectivity index (χ0n) is 12.0. The van der Waals surface area contributed by atoms with Gasteiger partial charge in [-0.05, 0) is 63.3 Å². The zero-order chi connectivity index (χ0) is 16.4. The van der Waals surface area contributed by atoms with Crippen molar-refractivity contribution < 1.29 is 19.0 Å². The molecule has 7 heteroatoms. The molecule has 0 unspecified atom stereocenters. The number of esters is 1. The van der Waals surface area contributed by atoms with E-state index >= 15 is 0 Å². The standard InChI is InChI=1S/C15H14Br2FNO3/c1-7-12(10(16)5-11(17)13(7)18)14(20)9(15(21)22-2)6-19-8-3-4-8/h5-6,8,20H,3-4H2,1-2H3/b14-9-,19-6?. The molecule has 0 bridgehead atoms. The summed E-state index contributed by atoms with van der Waals surface area (Å²) in [4.78, 5) is 16.1. The summed E-state index contributed by atoms with van der Waals surface area (Å²) in [6, 6.07) is 1.65. The van der Waals surface area contributed by atoms with Gasteiger partial charge in [-0.15, -0.1) is 0 Å². The van der Waals surface area contributed by atoms with Crippen molar-refractivity contribution in [3.63, 3.8) is 0 Å². The minimum atomic E-state index is -0.725. The van der Waals surface area contributed by atoms with Gasteiger partial charge in [-0.25, -0.2) is 9.18 Å². The highest BCUT2D eigenvalue weighted by molar-refractivity contribution is 9.11. The summed E-state index contributed by atoms with van der Waals surface area (Å²) < 4.78 is 19.4. The third-order valence-electron chi connectivity index (χ3n) is 3.26. The summed E-state index contributed by atoms with van der Waals surface area (Å²) in [5.74, 6) is -1.60. The van der Waals surface area contributed by atoms with Crippen LogP contribution in [-0.2, 0) is 9.53 Å². The Hall–Kier alpha value is -1.21. The number of carbonyl (C=O) groups is 1. The van der Waals surface area contributed by atoms with Crippen LogP contribution in [0.1, 0.15) is 24.0 Å². The zero-order valence-corrected chi connectivity index (χ0v) is 15.2. The van der Waals surface area contributed by atoms with E-state index in [2.05, 4.69) is 41.6 Å². The Morgan fingerprint density at radius 1 is 1.45 bits per heavy atom. The van der Waals surface area contributed by atoms with Crippen molar-refractivity contribution in [3.05, 3.63) is 37.5 Å². The highest BCUT2D eigenvalue weighted by Gasteiger charge is 2.24. The molecule has 0 amide bonds. The van der Waals surface area contributed by atoms with E-state index in [0.717, 1.165) is 12.8 Å². The number of aliphatic hydroxyl groups is 1. The smallest absolute Gasteiger partial charge is 0.343 e. The van der Waals surface area contributed by atoms with Gasteiger partial charge in [0.1, 0.15) is 17.1 Å². The van der Waals surface area contributed by atoms with Crippen LogP contribution in [0.4, 0.5) is 4.39 Å². The predicted molar refractivity (Wildman–Crippen MR) is 89.6 cm³/mol. The van der Waals surface area contributed by atoms with Crippen molar-refractivity contribution in [3.8, 4) is 0 Å². The molecule has 22 heavy (non-hydrogen) atoms. The van der Waals surface area contributed by atoms with Crippen LogP contribution in [-0.4, -0.2) is 30.4 Å². The van der Waals surface area contributed by atoms with E-state index in [0.29, 0.717) is 4.47 Å². The summed E-state index contributed by atoms with van der Waals surface area (Å²) >= 11 is 6.37. The van der Waals surface area contributed by atoms with Crippen LogP contribution in [0.3, 0.4) is 0 Å². The van der Waals surface area contributed by atoms with Gasteiger partial charge in [-0.3, -0.25) is 4.99 Å². The van der Waals surface area contributed by atoms with E-state index in [9.17, 15) is 14.3 Å². The Bertz CT molecular complexity index is 682.